The minimum atomic E-state index is -0.499. The molecule has 1 atom stereocenters. The van der Waals surface area contributed by atoms with Gasteiger partial charge in [0.2, 0.25) is 5.91 Å². The van der Waals surface area contributed by atoms with E-state index in [1.54, 1.807) is 19.1 Å². The number of halogens is 1. The first-order valence-electron chi connectivity index (χ1n) is 6.78. The van der Waals surface area contributed by atoms with E-state index in [2.05, 4.69) is 26.2 Å². The standard InChI is InChI=1S/C16H12BrN5OS/c1-9(15(23)21-13-4-2-12(17)3-5-13)24-16-11(8-19)6-10(7-18)14(20)22-16/h2-6,9H,1H3,(H2,20,22)(H,21,23)/t9-/m1/s1. The van der Waals surface area contributed by atoms with E-state index in [9.17, 15) is 10.1 Å². The van der Waals surface area contributed by atoms with E-state index in [1.165, 1.54) is 6.07 Å². The summed E-state index contributed by atoms with van der Waals surface area (Å²) in [6.07, 6.45) is 0. The first-order chi connectivity index (χ1) is 11.4. The molecule has 0 fully saturated rings. The molecule has 0 saturated carbocycles. The normalized spacial score (nSPS) is 11.2. The molecule has 0 bridgehead atoms. The lowest BCUT2D eigenvalue weighted by Crippen LogP contribution is -2.22. The molecule has 1 amide bonds. The summed E-state index contributed by atoms with van der Waals surface area (Å²) in [7, 11) is 0. The Hall–Kier alpha value is -2.55. The topological polar surface area (TPSA) is 116 Å². The molecule has 24 heavy (non-hydrogen) atoms. The molecule has 0 saturated heterocycles. The minimum Gasteiger partial charge on any atom is -0.383 e. The van der Waals surface area contributed by atoms with Gasteiger partial charge in [0, 0.05) is 10.2 Å². The number of nitrogens with one attached hydrogen (secondary N) is 1. The van der Waals surface area contributed by atoms with E-state index in [0.717, 1.165) is 16.2 Å². The molecule has 1 aromatic carbocycles. The van der Waals surface area contributed by atoms with Gasteiger partial charge in [-0.15, -0.1) is 0 Å². The van der Waals surface area contributed by atoms with E-state index >= 15 is 0 Å². The van der Waals surface area contributed by atoms with Crippen molar-refractivity contribution < 1.29 is 4.79 Å². The Kier molecular flexibility index (Phi) is 5.80. The van der Waals surface area contributed by atoms with Gasteiger partial charge in [-0.1, -0.05) is 27.7 Å². The number of carbonyl (C=O) groups excluding carboxylic acids is 1. The van der Waals surface area contributed by atoms with Crippen molar-refractivity contribution >= 4 is 45.1 Å². The predicted molar refractivity (Wildman–Crippen MR) is 96.2 cm³/mol. The summed E-state index contributed by atoms with van der Waals surface area (Å²) in [5.74, 6) is -0.185. The van der Waals surface area contributed by atoms with Gasteiger partial charge in [0.25, 0.3) is 0 Å². The number of hydrogen-bond acceptors (Lipinski definition) is 6. The highest BCUT2D eigenvalue weighted by Crippen LogP contribution is 2.28. The van der Waals surface area contributed by atoms with Crippen LogP contribution in [0.2, 0.25) is 0 Å². The number of nitrogens with two attached hydrogens (primary N) is 1. The van der Waals surface area contributed by atoms with E-state index < -0.39 is 5.25 Å². The number of nitrogens with zero attached hydrogens (tertiary/aromatic N) is 3. The zero-order valence-electron chi connectivity index (χ0n) is 12.6. The van der Waals surface area contributed by atoms with Crippen LogP contribution in [0.25, 0.3) is 0 Å². The fraction of sp³-hybridized carbons (Fsp3) is 0.125. The van der Waals surface area contributed by atoms with Gasteiger partial charge in [-0.25, -0.2) is 4.98 Å². The van der Waals surface area contributed by atoms with Crippen molar-refractivity contribution in [3.05, 3.63) is 45.9 Å². The summed E-state index contributed by atoms with van der Waals surface area (Å²) >= 11 is 4.44. The van der Waals surface area contributed by atoms with Crippen LogP contribution in [-0.4, -0.2) is 16.1 Å². The monoisotopic (exact) mass is 401 g/mol. The van der Waals surface area contributed by atoms with Crippen LogP contribution >= 0.6 is 27.7 Å². The maximum Gasteiger partial charge on any atom is 0.237 e. The highest BCUT2D eigenvalue weighted by Gasteiger charge is 2.19. The van der Waals surface area contributed by atoms with E-state index in [0.29, 0.717) is 10.7 Å². The lowest BCUT2D eigenvalue weighted by molar-refractivity contribution is -0.115. The molecule has 0 radical (unpaired) electrons. The lowest BCUT2D eigenvalue weighted by atomic mass is 10.2. The summed E-state index contributed by atoms with van der Waals surface area (Å²) in [5.41, 5.74) is 6.71. The van der Waals surface area contributed by atoms with Crippen molar-refractivity contribution in [2.24, 2.45) is 0 Å². The summed E-state index contributed by atoms with van der Waals surface area (Å²) in [6.45, 7) is 1.70. The van der Waals surface area contributed by atoms with Gasteiger partial charge >= 0.3 is 0 Å². The summed E-state index contributed by atoms with van der Waals surface area (Å²) in [5, 5.41) is 20.7. The van der Waals surface area contributed by atoms with Crippen LogP contribution in [-0.2, 0) is 4.79 Å². The van der Waals surface area contributed by atoms with Crippen LogP contribution in [0.1, 0.15) is 18.1 Å². The minimum absolute atomic E-state index is 0.0412. The molecule has 0 unspecified atom stereocenters. The van der Waals surface area contributed by atoms with Gasteiger partial charge < -0.3 is 11.1 Å². The second-order valence-electron chi connectivity index (χ2n) is 4.75. The Morgan fingerprint density at radius 1 is 1.29 bits per heavy atom. The zero-order chi connectivity index (χ0) is 17.7. The molecule has 120 valence electrons. The fourth-order valence-corrected chi connectivity index (χ4v) is 2.92. The van der Waals surface area contributed by atoms with Gasteiger partial charge in [-0.2, -0.15) is 10.5 Å². The quantitative estimate of drug-likeness (QED) is 0.759. The van der Waals surface area contributed by atoms with Crippen molar-refractivity contribution in [2.45, 2.75) is 17.2 Å². The molecule has 0 spiro atoms. The predicted octanol–water partition coefficient (Wildman–Crippen LogP) is 3.29. The maximum atomic E-state index is 12.3. The second-order valence-corrected chi connectivity index (χ2v) is 7.00. The Morgan fingerprint density at radius 2 is 1.92 bits per heavy atom. The van der Waals surface area contributed by atoms with Crippen molar-refractivity contribution in [1.82, 2.24) is 4.98 Å². The first kappa shape index (κ1) is 17.8. The fourth-order valence-electron chi connectivity index (χ4n) is 1.77. The number of hydrogen-bond donors (Lipinski definition) is 2. The number of nitriles is 2. The lowest BCUT2D eigenvalue weighted by Gasteiger charge is -2.13. The van der Waals surface area contributed by atoms with Crippen molar-refractivity contribution in [3.63, 3.8) is 0 Å². The van der Waals surface area contributed by atoms with Crippen molar-refractivity contribution in [1.29, 1.82) is 10.5 Å². The molecule has 3 N–H and O–H groups in total. The zero-order valence-corrected chi connectivity index (χ0v) is 15.0. The third-order valence-corrected chi connectivity index (χ3v) is 4.66. The van der Waals surface area contributed by atoms with E-state index in [-0.39, 0.29) is 22.9 Å². The molecule has 2 aromatic rings. The van der Waals surface area contributed by atoms with Crippen LogP contribution in [0, 0.1) is 22.7 Å². The number of thioether (sulfide) groups is 1. The molecular formula is C16H12BrN5OS. The van der Waals surface area contributed by atoms with Crippen LogP contribution in [0.3, 0.4) is 0 Å². The molecule has 0 aliphatic heterocycles. The van der Waals surface area contributed by atoms with Crippen LogP contribution < -0.4 is 11.1 Å². The largest absolute Gasteiger partial charge is 0.383 e. The number of nitrogen functional groups attached to an aromatic ring is 1. The number of carbonyl (C=O) groups is 1. The Morgan fingerprint density at radius 3 is 2.50 bits per heavy atom. The maximum absolute atomic E-state index is 12.3. The summed E-state index contributed by atoms with van der Waals surface area (Å²) in [6, 6.07) is 12.4. The number of aromatic nitrogens is 1. The van der Waals surface area contributed by atoms with E-state index in [1.807, 2.05) is 24.3 Å². The summed E-state index contributed by atoms with van der Waals surface area (Å²) in [4.78, 5) is 16.3. The molecule has 0 aliphatic rings. The number of rotatable bonds is 4. The van der Waals surface area contributed by atoms with Crippen molar-refractivity contribution in [2.75, 3.05) is 11.1 Å². The molecular weight excluding hydrogens is 390 g/mol. The molecule has 1 aromatic heterocycles. The molecule has 6 nitrogen and oxygen atoms in total. The number of anilines is 2. The van der Waals surface area contributed by atoms with Crippen LogP contribution in [0.4, 0.5) is 11.5 Å². The van der Waals surface area contributed by atoms with Crippen LogP contribution in [0.15, 0.2) is 39.8 Å². The molecule has 0 aliphatic carbocycles. The first-order valence-corrected chi connectivity index (χ1v) is 8.45. The molecule has 8 heteroatoms. The Balaban J connectivity index is 2.14. The average Bonchev–Trinajstić information content (AvgIpc) is 2.57. The van der Waals surface area contributed by atoms with Gasteiger partial charge in [-0.05, 0) is 37.3 Å². The third kappa shape index (κ3) is 4.25. The summed E-state index contributed by atoms with van der Waals surface area (Å²) < 4.78 is 0.916. The molecule has 2 rings (SSSR count). The number of pyridine rings is 1. The number of amides is 1. The Bertz CT molecular complexity index is 854. The third-order valence-electron chi connectivity index (χ3n) is 3.03. The van der Waals surface area contributed by atoms with Gasteiger partial charge in [0.1, 0.15) is 23.0 Å². The van der Waals surface area contributed by atoms with Crippen LogP contribution in [0.5, 0.6) is 0 Å². The SMILES string of the molecule is C[C@@H](Sc1nc(N)c(C#N)cc1C#N)C(=O)Nc1ccc(Br)cc1. The van der Waals surface area contributed by atoms with E-state index in [4.69, 9.17) is 11.0 Å². The highest BCUT2D eigenvalue weighted by atomic mass is 79.9. The van der Waals surface area contributed by atoms with Gasteiger partial charge in [-0.3, -0.25) is 4.79 Å². The van der Waals surface area contributed by atoms with Crippen molar-refractivity contribution in [3.8, 4) is 12.1 Å². The number of benzene rings is 1. The Labute approximate surface area is 151 Å². The average molecular weight is 402 g/mol. The molecule has 1 heterocycles. The highest BCUT2D eigenvalue weighted by molar-refractivity contribution is 9.10. The van der Waals surface area contributed by atoms with Gasteiger partial charge in [0.15, 0.2) is 0 Å². The smallest absolute Gasteiger partial charge is 0.237 e. The van der Waals surface area contributed by atoms with Gasteiger partial charge in [0.05, 0.1) is 16.4 Å². The second kappa shape index (κ2) is 7.82.